The van der Waals surface area contributed by atoms with Crippen molar-refractivity contribution in [2.75, 3.05) is 0 Å². The van der Waals surface area contributed by atoms with Crippen LogP contribution in [0.5, 0.6) is 0 Å². The van der Waals surface area contributed by atoms with Gasteiger partial charge in [-0.3, -0.25) is 0 Å². The van der Waals surface area contributed by atoms with E-state index >= 15 is 0 Å². The molecule has 7 heteroatoms. The van der Waals surface area contributed by atoms with Crippen molar-refractivity contribution < 1.29 is 13.2 Å². The zero-order chi connectivity index (χ0) is 15.9. The van der Waals surface area contributed by atoms with Gasteiger partial charge in [0.25, 0.3) is 0 Å². The Bertz CT molecular complexity index is 842. The largest absolute Gasteiger partial charge is 0.416 e. The first-order valence-electron chi connectivity index (χ1n) is 6.31. The Balaban J connectivity index is 1.97. The predicted molar refractivity (Wildman–Crippen MR) is 83.0 cm³/mol. The van der Waals surface area contributed by atoms with Crippen LogP contribution in [0.25, 0.3) is 11.0 Å². The third-order valence-electron chi connectivity index (χ3n) is 3.33. The lowest BCUT2D eigenvalue weighted by Crippen LogP contribution is -2.06. The molecular weight excluding hydrogens is 381 g/mol. The third-order valence-corrected chi connectivity index (χ3v) is 4.37. The van der Waals surface area contributed by atoms with Gasteiger partial charge in [0.05, 0.1) is 12.1 Å². The Labute approximate surface area is 137 Å². The van der Waals surface area contributed by atoms with Gasteiger partial charge >= 0.3 is 6.18 Å². The number of aromatic nitrogens is 2. The van der Waals surface area contributed by atoms with Crippen LogP contribution < -0.4 is 0 Å². The molecule has 0 amide bonds. The van der Waals surface area contributed by atoms with Crippen molar-refractivity contribution >= 4 is 38.6 Å². The molecule has 0 saturated heterocycles. The highest BCUT2D eigenvalue weighted by Crippen LogP contribution is 2.32. The lowest BCUT2D eigenvalue weighted by Gasteiger charge is -2.11. The molecule has 0 fully saturated rings. The third kappa shape index (κ3) is 2.85. The highest BCUT2D eigenvalue weighted by Gasteiger charge is 2.30. The first kappa shape index (κ1) is 15.4. The smallest absolute Gasteiger partial charge is 0.328 e. The van der Waals surface area contributed by atoms with Gasteiger partial charge in [0, 0.05) is 27.3 Å². The minimum absolute atomic E-state index is 0.0895. The summed E-state index contributed by atoms with van der Waals surface area (Å²) < 4.78 is 40.7. The highest BCUT2D eigenvalue weighted by atomic mass is 79.9. The van der Waals surface area contributed by atoms with Crippen molar-refractivity contribution in [1.29, 1.82) is 0 Å². The Morgan fingerprint density at radius 2 is 1.95 bits per heavy atom. The number of rotatable bonds is 2. The molecule has 2 aromatic heterocycles. The fourth-order valence-electron chi connectivity index (χ4n) is 2.22. The van der Waals surface area contributed by atoms with Crippen LogP contribution in [0.2, 0.25) is 5.02 Å². The number of pyridine rings is 1. The van der Waals surface area contributed by atoms with E-state index in [0.29, 0.717) is 12.1 Å². The maximum atomic E-state index is 12.7. The topological polar surface area (TPSA) is 17.8 Å². The lowest BCUT2D eigenvalue weighted by atomic mass is 10.1. The van der Waals surface area contributed by atoms with Gasteiger partial charge in [-0.05, 0) is 45.8 Å². The predicted octanol–water partition coefficient (Wildman–Crippen LogP) is 5.52. The SMILES string of the molecule is FC(F)(F)c1ccc(Cn2ccc3c(Br)ccnc32)c(Cl)c1. The lowest BCUT2D eigenvalue weighted by molar-refractivity contribution is -0.137. The van der Waals surface area contributed by atoms with Gasteiger partial charge in [0.15, 0.2) is 0 Å². The Morgan fingerprint density at radius 1 is 1.18 bits per heavy atom. The number of benzene rings is 1. The van der Waals surface area contributed by atoms with Gasteiger partial charge in [-0.1, -0.05) is 17.7 Å². The summed E-state index contributed by atoms with van der Waals surface area (Å²) in [5.74, 6) is 0. The summed E-state index contributed by atoms with van der Waals surface area (Å²) in [5, 5.41) is 1.03. The van der Waals surface area contributed by atoms with E-state index < -0.39 is 11.7 Å². The Hall–Kier alpha value is -1.53. The first-order chi connectivity index (χ1) is 10.4. The van der Waals surface area contributed by atoms with Crippen LogP contribution in [0.15, 0.2) is 47.2 Å². The summed E-state index contributed by atoms with van der Waals surface area (Å²) in [4.78, 5) is 4.29. The fourth-order valence-corrected chi connectivity index (χ4v) is 2.89. The van der Waals surface area contributed by atoms with Crippen LogP contribution in [0, 0.1) is 0 Å². The van der Waals surface area contributed by atoms with E-state index in [1.807, 2.05) is 22.9 Å². The maximum absolute atomic E-state index is 12.7. The second-order valence-corrected chi connectivity index (χ2v) is 6.04. The molecule has 0 aliphatic heterocycles. The molecule has 0 unspecified atom stereocenters. The number of fused-ring (bicyclic) bond motifs is 1. The minimum atomic E-state index is -4.39. The molecular formula is C15H9BrClF3N2. The molecule has 0 aliphatic rings. The standard InChI is InChI=1S/C15H9BrClF3N2/c16-12-3-5-21-14-11(12)4-6-22(14)8-9-1-2-10(7-13(9)17)15(18,19)20/h1-7H,8H2. The molecule has 0 bridgehead atoms. The maximum Gasteiger partial charge on any atom is 0.416 e. The van der Waals surface area contributed by atoms with Crippen molar-refractivity contribution in [3.63, 3.8) is 0 Å². The molecule has 0 spiro atoms. The Morgan fingerprint density at radius 3 is 2.64 bits per heavy atom. The van der Waals surface area contributed by atoms with Crippen LogP contribution in [0.4, 0.5) is 13.2 Å². The average Bonchev–Trinajstić information content (AvgIpc) is 2.85. The average molecular weight is 390 g/mol. The van der Waals surface area contributed by atoms with E-state index in [4.69, 9.17) is 11.6 Å². The first-order valence-corrected chi connectivity index (χ1v) is 7.48. The van der Waals surface area contributed by atoms with Gasteiger partial charge in [-0.25, -0.2) is 4.98 Å². The van der Waals surface area contributed by atoms with Gasteiger partial charge in [-0.15, -0.1) is 0 Å². The van der Waals surface area contributed by atoms with Crippen LogP contribution in [0.3, 0.4) is 0 Å². The molecule has 3 aromatic rings. The van der Waals surface area contributed by atoms with Crippen LogP contribution >= 0.6 is 27.5 Å². The summed E-state index contributed by atoms with van der Waals surface area (Å²) in [6.07, 6.45) is -0.900. The molecule has 22 heavy (non-hydrogen) atoms. The number of alkyl halides is 3. The number of hydrogen-bond acceptors (Lipinski definition) is 1. The van der Waals surface area contributed by atoms with E-state index in [1.54, 1.807) is 6.20 Å². The van der Waals surface area contributed by atoms with E-state index in [2.05, 4.69) is 20.9 Å². The van der Waals surface area contributed by atoms with Crippen molar-refractivity contribution in [2.24, 2.45) is 0 Å². The van der Waals surface area contributed by atoms with Gasteiger partial charge in [0.1, 0.15) is 5.65 Å². The second kappa shape index (κ2) is 5.59. The quantitative estimate of drug-likeness (QED) is 0.564. The number of hydrogen-bond donors (Lipinski definition) is 0. The van der Waals surface area contributed by atoms with E-state index in [9.17, 15) is 13.2 Å². The molecule has 0 saturated carbocycles. The molecule has 1 aromatic carbocycles. The van der Waals surface area contributed by atoms with Crippen molar-refractivity contribution in [3.8, 4) is 0 Å². The van der Waals surface area contributed by atoms with Crippen LogP contribution in [-0.4, -0.2) is 9.55 Å². The normalized spacial score (nSPS) is 12.0. The van der Waals surface area contributed by atoms with Gasteiger partial charge in [-0.2, -0.15) is 13.2 Å². The van der Waals surface area contributed by atoms with E-state index in [1.165, 1.54) is 6.07 Å². The van der Waals surface area contributed by atoms with Crippen LogP contribution in [0.1, 0.15) is 11.1 Å². The highest BCUT2D eigenvalue weighted by molar-refractivity contribution is 9.10. The molecule has 2 heterocycles. The van der Waals surface area contributed by atoms with E-state index in [-0.39, 0.29) is 5.02 Å². The summed E-state index contributed by atoms with van der Waals surface area (Å²) in [6.45, 7) is 0.351. The molecule has 3 rings (SSSR count). The molecule has 0 radical (unpaired) electrons. The van der Waals surface area contributed by atoms with Crippen molar-refractivity contribution in [1.82, 2.24) is 9.55 Å². The summed E-state index contributed by atoms with van der Waals surface area (Å²) in [5.41, 5.74) is 0.596. The molecule has 0 atom stereocenters. The van der Waals surface area contributed by atoms with Crippen molar-refractivity contribution in [3.05, 3.63) is 63.3 Å². The zero-order valence-corrected chi connectivity index (χ0v) is 13.4. The van der Waals surface area contributed by atoms with Crippen molar-refractivity contribution in [2.45, 2.75) is 12.7 Å². The summed E-state index contributed by atoms with van der Waals surface area (Å²) >= 11 is 9.43. The van der Waals surface area contributed by atoms with Gasteiger partial charge < -0.3 is 4.57 Å². The molecule has 114 valence electrons. The molecule has 0 N–H and O–H groups in total. The number of halogens is 5. The summed E-state index contributed by atoms with van der Waals surface area (Å²) in [7, 11) is 0. The fraction of sp³-hybridized carbons (Fsp3) is 0.133. The summed E-state index contributed by atoms with van der Waals surface area (Å²) in [6, 6.07) is 7.11. The number of nitrogens with zero attached hydrogens (tertiary/aromatic N) is 2. The van der Waals surface area contributed by atoms with E-state index in [0.717, 1.165) is 27.6 Å². The second-order valence-electron chi connectivity index (χ2n) is 4.78. The minimum Gasteiger partial charge on any atom is -0.328 e. The molecule has 2 nitrogen and oxygen atoms in total. The molecule has 0 aliphatic carbocycles. The van der Waals surface area contributed by atoms with Gasteiger partial charge in [0.2, 0.25) is 0 Å². The monoisotopic (exact) mass is 388 g/mol. The zero-order valence-electron chi connectivity index (χ0n) is 11.0. The van der Waals surface area contributed by atoms with Crippen LogP contribution in [-0.2, 0) is 12.7 Å². The Kier molecular flexibility index (Phi) is 3.91.